The van der Waals surface area contributed by atoms with Gasteiger partial charge >= 0.3 is 0 Å². The van der Waals surface area contributed by atoms with Crippen LogP contribution in [0.3, 0.4) is 0 Å². The van der Waals surface area contributed by atoms with Crippen molar-refractivity contribution in [2.24, 2.45) is 0 Å². The van der Waals surface area contributed by atoms with Gasteiger partial charge in [0, 0.05) is 6.92 Å². The van der Waals surface area contributed by atoms with E-state index in [9.17, 15) is 4.79 Å². The number of hydrogen-bond donors (Lipinski definition) is 0. The molecule has 0 fully saturated rings. The van der Waals surface area contributed by atoms with E-state index in [-0.39, 0.29) is 10.8 Å². The van der Waals surface area contributed by atoms with Gasteiger partial charge in [-0.3, -0.25) is 4.79 Å². The van der Waals surface area contributed by atoms with Gasteiger partial charge in [-0.05, 0) is 6.08 Å². The predicted molar refractivity (Wildman–Crippen MR) is 44.9 cm³/mol. The van der Waals surface area contributed by atoms with Gasteiger partial charge in [0.15, 0.2) is 5.78 Å². The Balaban J connectivity index is 4.32. The fourth-order valence-corrected chi connectivity index (χ4v) is 0.904. The van der Waals surface area contributed by atoms with Gasteiger partial charge in [-0.15, -0.1) is 0 Å². The molecule has 0 rings (SSSR count). The van der Waals surface area contributed by atoms with Gasteiger partial charge in [-0.1, -0.05) is 46.4 Å². The summed E-state index contributed by atoms with van der Waals surface area (Å²) >= 11 is 21.2. The highest BCUT2D eigenvalue weighted by atomic mass is 35.6. The van der Waals surface area contributed by atoms with Crippen LogP contribution in [0.15, 0.2) is 11.1 Å². The Hall–Kier alpha value is 0.570. The predicted octanol–water partition coefficient (Wildman–Crippen LogP) is 3.07. The van der Waals surface area contributed by atoms with Crippen molar-refractivity contribution >= 4 is 52.2 Å². The van der Waals surface area contributed by atoms with Crippen LogP contribution >= 0.6 is 46.4 Å². The molecule has 0 aliphatic carbocycles. The molecular formula is C5H4Cl4O. The van der Waals surface area contributed by atoms with Crippen LogP contribution in [0.1, 0.15) is 6.92 Å². The fraction of sp³-hybridized carbons (Fsp3) is 0.400. The minimum atomic E-state index is -1.59. The molecule has 10 heavy (non-hydrogen) atoms. The van der Waals surface area contributed by atoms with E-state index in [0.29, 0.717) is 0 Å². The van der Waals surface area contributed by atoms with Crippen molar-refractivity contribution in [3.8, 4) is 0 Å². The van der Waals surface area contributed by atoms with E-state index >= 15 is 0 Å². The van der Waals surface area contributed by atoms with Gasteiger partial charge in [0.2, 0.25) is 3.79 Å². The van der Waals surface area contributed by atoms with Crippen molar-refractivity contribution in [3.63, 3.8) is 0 Å². The van der Waals surface area contributed by atoms with E-state index in [1.807, 2.05) is 0 Å². The highest BCUT2D eigenvalue weighted by Crippen LogP contribution is 2.29. The van der Waals surface area contributed by atoms with Gasteiger partial charge in [-0.25, -0.2) is 0 Å². The standard InChI is InChI=1S/C5H4Cl4O/c1-3(10)4(6)2-5(7,8)9/h2H,1H3/b4-2+. The third-order valence-corrected chi connectivity index (χ3v) is 1.33. The first-order valence-electron chi connectivity index (χ1n) is 2.29. The molecule has 1 nitrogen and oxygen atoms in total. The molecule has 0 aromatic heterocycles. The van der Waals surface area contributed by atoms with Crippen LogP contribution in [0.2, 0.25) is 0 Å². The molecule has 0 heterocycles. The van der Waals surface area contributed by atoms with E-state index in [0.717, 1.165) is 6.08 Å². The molecule has 0 aromatic rings. The number of alkyl halides is 3. The van der Waals surface area contributed by atoms with E-state index in [1.54, 1.807) is 0 Å². The monoisotopic (exact) mass is 220 g/mol. The van der Waals surface area contributed by atoms with Crippen LogP contribution in [0.25, 0.3) is 0 Å². The van der Waals surface area contributed by atoms with Crippen LogP contribution < -0.4 is 0 Å². The lowest BCUT2D eigenvalue weighted by molar-refractivity contribution is -0.113. The highest BCUT2D eigenvalue weighted by molar-refractivity contribution is 6.69. The molecule has 58 valence electrons. The first kappa shape index (κ1) is 10.6. The second-order valence-electron chi connectivity index (χ2n) is 1.59. The summed E-state index contributed by atoms with van der Waals surface area (Å²) in [6.45, 7) is 1.29. The van der Waals surface area contributed by atoms with Gasteiger partial charge in [0.25, 0.3) is 0 Å². The summed E-state index contributed by atoms with van der Waals surface area (Å²) < 4.78 is -1.59. The zero-order chi connectivity index (χ0) is 8.36. The lowest BCUT2D eigenvalue weighted by Gasteiger charge is -2.02. The molecule has 0 radical (unpaired) electrons. The Labute approximate surface area is 78.9 Å². The first-order chi connectivity index (χ1) is 4.33. The molecule has 0 aromatic carbocycles. The van der Waals surface area contributed by atoms with Gasteiger partial charge in [0.1, 0.15) is 0 Å². The number of Topliss-reactive ketones (excluding diaryl/α,β-unsaturated/α-hetero) is 1. The summed E-state index contributed by atoms with van der Waals surface area (Å²) in [5.74, 6) is -0.326. The van der Waals surface area contributed by atoms with E-state index in [2.05, 4.69) is 0 Å². The molecule has 0 N–H and O–H groups in total. The van der Waals surface area contributed by atoms with E-state index < -0.39 is 3.79 Å². The maximum absolute atomic E-state index is 10.4. The van der Waals surface area contributed by atoms with Crippen molar-refractivity contribution in [2.45, 2.75) is 10.7 Å². The summed E-state index contributed by atoms with van der Waals surface area (Å²) in [5.41, 5.74) is 0. The molecule has 0 aliphatic rings. The third-order valence-electron chi connectivity index (χ3n) is 0.627. The molecule has 0 amide bonds. The molecule has 0 aliphatic heterocycles. The van der Waals surface area contributed by atoms with Gasteiger partial charge in [-0.2, -0.15) is 0 Å². The van der Waals surface area contributed by atoms with E-state index in [1.165, 1.54) is 6.92 Å². The fourth-order valence-electron chi connectivity index (χ4n) is 0.245. The van der Waals surface area contributed by atoms with Crippen LogP contribution in [0, 0.1) is 0 Å². The number of carbonyl (C=O) groups excluding carboxylic acids is 1. The molecular weight excluding hydrogens is 218 g/mol. The van der Waals surface area contributed by atoms with Crippen molar-refractivity contribution in [1.82, 2.24) is 0 Å². The van der Waals surface area contributed by atoms with Crippen LogP contribution in [-0.4, -0.2) is 9.58 Å². The Morgan fingerprint density at radius 2 is 1.80 bits per heavy atom. The summed E-state index contributed by atoms with van der Waals surface area (Å²) in [6, 6.07) is 0. The number of allylic oxidation sites excluding steroid dienone is 2. The Bertz CT molecular complexity index is 167. The largest absolute Gasteiger partial charge is 0.294 e. The number of halogens is 4. The number of hydrogen-bond acceptors (Lipinski definition) is 1. The van der Waals surface area contributed by atoms with Crippen molar-refractivity contribution in [3.05, 3.63) is 11.1 Å². The number of carbonyl (C=O) groups is 1. The van der Waals surface area contributed by atoms with Gasteiger partial charge < -0.3 is 0 Å². The second kappa shape index (κ2) is 3.82. The normalized spacial score (nSPS) is 13.5. The third kappa shape index (κ3) is 5.36. The number of rotatable bonds is 1. The van der Waals surface area contributed by atoms with Crippen LogP contribution in [0.5, 0.6) is 0 Å². The lowest BCUT2D eigenvalue weighted by atomic mass is 10.4. The quantitative estimate of drug-likeness (QED) is 0.492. The summed E-state index contributed by atoms with van der Waals surface area (Å²) in [4.78, 5) is 10.4. The zero-order valence-electron chi connectivity index (χ0n) is 5.00. The van der Waals surface area contributed by atoms with Gasteiger partial charge in [0.05, 0.1) is 5.03 Å². The average molecular weight is 222 g/mol. The van der Waals surface area contributed by atoms with Crippen molar-refractivity contribution < 1.29 is 4.79 Å². The van der Waals surface area contributed by atoms with Crippen LogP contribution in [-0.2, 0) is 4.79 Å². The minimum absolute atomic E-state index is 0.0694. The summed E-state index contributed by atoms with van der Waals surface area (Å²) in [5, 5.41) is -0.0694. The average Bonchev–Trinajstić information content (AvgIpc) is 1.60. The Morgan fingerprint density at radius 3 is 1.90 bits per heavy atom. The van der Waals surface area contributed by atoms with Crippen LogP contribution in [0.4, 0.5) is 0 Å². The molecule has 0 atom stereocenters. The maximum atomic E-state index is 10.4. The lowest BCUT2D eigenvalue weighted by Crippen LogP contribution is -1.99. The Morgan fingerprint density at radius 1 is 1.40 bits per heavy atom. The maximum Gasteiger partial charge on any atom is 0.211 e. The molecule has 5 heteroatoms. The number of ketones is 1. The highest BCUT2D eigenvalue weighted by Gasteiger charge is 2.17. The Kier molecular flexibility index (Phi) is 4.03. The van der Waals surface area contributed by atoms with Crippen molar-refractivity contribution in [1.29, 1.82) is 0 Å². The topological polar surface area (TPSA) is 17.1 Å². The molecule has 0 saturated heterocycles. The summed E-state index contributed by atoms with van der Waals surface area (Å²) in [7, 11) is 0. The summed E-state index contributed by atoms with van der Waals surface area (Å²) in [6.07, 6.45) is 1.06. The first-order valence-corrected chi connectivity index (χ1v) is 3.80. The smallest absolute Gasteiger partial charge is 0.211 e. The SMILES string of the molecule is CC(=O)/C(Cl)=C\C(Cl)(Cl)Cl. The zero-order valence-corrected chi connectivity index (χ0v) is 8.02. The molecule has 0 bridgehead atoms. The molecule has 0 unspecified atom stereocenters. The van der Waals surface area contributed by atoms with E-state index in [4.69, 9.17) is 46.4 Å². The minimum Gasteiger partial charge on any atom is -0.294 e. The molecule has 0 spiro atoms. The second-order valence-corrected chi connectivity index (χ2v) is 4.37. The molecule has 0 saturated carbocycles. The van der Waals surface area contributed by atoms with Crippen molar-refractivity contribution in [2.75, 3.05) is 0 Å².